The zero-order valence-electron chi connectivity index (χ0n) is 9.94. The van der Waals surface area contributed by atoms with Crippen LogP contribution in [0.3, 0.4) is 0 Å². The summed E-state index contributed by atoms with van der Waals surface area (Å²) < 4.78 is 23.8. The third kappa shape index (κ3) is 5.48. The van der Waals surface area contributed by atoms with Gasteiger partial charge in [-0.15, -0.1) is 11.6 Å². The van der Waals surface area contributed by atoms with Crippen LogP contribution in [-0.4, -0.2) is 33.7 Å². The van der Waals surface area contributed by atoms with Gasteiger partial charge in [0.1, 0.15) is 0 Å². The summed E-state index contributed by atoms with van der Waals surface area (Å²) in [5.41, 5.74) is 1.45. The summed E-state index contributed by atoms with van der Waals surface area (Å²) in [6.45, 7) is 0.410. The molecule has 0 unspecified atom stereocenters. The maximum absolute atomic E-state index is 11.6. The van der Waals surface area contributed by atoms with Gasteiger partial charge in [0.05, 0.1) is 6.26 Å². The van der Waals surface area contributed by atoms with Crippen molar-refractivity contribution in [2.45, 2.75) is 5.88 Å². The Hall–Kier alpha value is -1.11. The summed E-state index contributed by atoms with van der Waals surface area (Å²) >= 11 is 5.64. The van der Waals surface area contributed by atoms with Gasteiger partial charge in [0.2, 0.25) is 10.0 Å². The maximum atomic E-state index is 11.6. The van der Waals surface area contributed by atoms with Crippen LogP contribution in [0.5, 0.6) is 0 Å². The first-order valence-electron chi connectivity index (χ1n) is 5.30. The average Bonchev–Trinajstić information content (AvgIpc) is 2.33. The van der Waals surface area contributed by atoms with Crippen molar-refractivity contribution in [3.05, 3.63) is 35.4 Å². The molecule has 100 valence electrons. The highest BCUT2D eigenvalue weighted by molar-refractivity contribution is 7.88. The van der Waals surface area contributed by atoms with E-state index in [1.54, 1.807) is 24.3 Å². The molecule has 1 rings (SSSR count). The van der Waals surface area contributed by atoms with Gasteiger partial charge in [-0.05, 0) is 17.7 Å². The molecule has 0 saturated carbocycles. The molecule has 1 amide bonds. The first-order valence-corrected chi connectivity index (χ1v) is 7.73. The monoisotopic (exact) mass is 290 g/mol. The van der Waals surface area contributed by atoms with Crippen molar-refractivity contribution in [3.63, 3.8) is 0 Å². The minimum absolute atomic E-state index is 0.171. The second kappa shape index (κ2) is 6.72. The molecule has 0 aliphatic rings. The fraction of sp³-hybridized carbons (Fsp3) is 0.364. The zero-order chi connectivity index (χ0) is 13.6. The van der Waals surface area contributed by atoms with Crippen LogP contribution in [0.4, 0.5) is 0 Å². The molecular formula is C11H15ClN2O3S. The molecule has 0 aliphatic carbocycles. The molecule has 0 radical (unpaired) electrons. The Morgan fingerprint density at radius 1 is 1.22 bits per heavy atom. The molecule has 0 bridgehead atoms. The number of amides is 1. The Balaban J connectivity index is 2.40. The SMILES string of the molecule is CS(=O)(=O)NCCNC(=O)c1ccc(CCl)cc1. The van der Waals surface area contributed by atoms with Crippen LogP contribution >= 0.6 is 11.6 Å². The van der Waals surface area contributed by atoms with E-state index in [9.17, 15) is 13.2 Å². The standard InChI is InChI=1S/C11H15ClN2O3S/c1-18(16,17)14-7-6-13-11(15)10-4-2-9(8-12)3-5-10/h2-5,14H,6-8H2,1H3,(H,13,15). The molecular weight excluding hydrogens is 276 g/mol. The molecule has 2 N–H and O–H groups in total. The highest BCUT2D eigenvalue weighted by atomic mass is 35.5. The number of halogens is 1. The van der Waals surface area contributed by atoms with Gasteiger partial charge in [-0.25, -0.2) is 13.1 Å². The van der Waals surface area contributed by atoms with Gasteiger partial charge in [-0.2, -0.15) is 0 Å². The smallest absolute Gasteiger partial charge is 0.251 e. The second-order valence-electron chi connectivity index (χ2n) is 3.75. The fourth-order valence-electron chi connectivity index (χ4n) is 1.26. The highest BCUT2D eigenvalue weighted by Crippen LogP contribution is 2.06. The summed E-state index contributed by atoms with van der Waals surface area (Å²) in [5, 5.41) is 2.61. The van der Waals surface area contributed by atoms with Crippen LogP contribution in [-0.2, 0) is 15.9 Å². The predicted octanol–water partition coefficient (Wildman–Crippen LogP) is 0.704. The lowest BCUT2D eigenvalue weighted by Crippen LogP contribution is -2.34. The van der Waals surface area contributed by atoms with Crippen molar-refractivity contribution < 1.29 is 13.2 Å². The summed E-state index contributed by atoms with van der Waals surface area (Å²) in [5.74, 6) is 0.159. The molecule has 1 aromatic carbocycles. The third-order valence-corrected chi connectivity index (χ3v) is 3.18. The van der Waals surface area contributed by atoms with E-state index in [1.165, 1.54) is 0 Å². The fourth-order valence-corrected chi connectivity index (χ4v) is 1.91. The van der Waals surface area contributed by atoms with E-state index in [0.29, 0.717) is 11.4 Å². The number of sulfonamides is 1. The van der Waals surface area contributed by atoms with E-state index in [1.807, 2.05) is 0 Å². The van der Waals surface area contributed by atoms with Gasteiger partial charge in [0.15, 0.2) is 0 Å². The lowest BCUT2D eigenvalue weighted by Gasteiger charge is -2.06. The molecule has 1 aromatic rings. The number of nitrogens with one attached hydrogen (secondary N) is 2. The van der Waals surface area contributed by atoms with E-state index in [0.717, 1.165) is 11.8 Å². The molecule has 0 spiro atoms. The molecule has 0 aliphatic heterocycles. The largest absolute Gasteiger partial charge is 0.351 e. The second-order valence-corrected chi connectivity index (χ2v) is 5.85. The van der Waals surface area contributed by atoms with E-state index >= 15 is 0 Å². The first-order chi connectivity index (χ1) is 8.42. The lowest BCUT2D eigenvalue weighted by atomic mass is 10.1. The van der Waals surface area contributed by atoms with Gasteiger partial charge in [0, 0.05) is 24.5 Å². The van der Waals surface area contributed by atoms with Crippen molar-refractivity contribution in [2.24, 2.45) is 0 Å². The van der Waals surface area contributed by atoms with Gasteiger partial charge in [-0.1, -0.05) is 12.1 Å². The minimum atomic E-state index is -3.21. The van der Waals surface area contributed by atoms with Crippen molar-refractivity contribution in [1.82, 2.24) is 10.0 Å². The lowest BCUT2D eigenvalue weighted by molar-refractivity contribution is 0.0954. The third-order valence-electron chi connectivity index (χ3n) is 2.15. The first kappa shape index (κ1) is 14.9. The van der Waals surface area contributed by atoms with Crippen LogP contribution < -0.4 is 10.0 Å². The quantitative estimate of drug-likeness (QED) is 0.598. The van der Waals surface area contributed by atoms with Gasteiger partial charge in [0.25, 0.3) is 5.91 Å². The van der Waals surface area contributed by atoms with E-state index in [-0.39, 0.29) is 19.0 Å². The molecule has 0 aromatic heterocycles. The molecule has 5 nitrogen and oxygen atoms in total. The summed E-state index contributed by atoms with van der Waals surface area (Å²) in [6, 6.07) is 6.90. The molecule has 0 atom stereocenters. The molecule has 18 heavy (non-hydrogen) atoms. The number of rotatable bonds is 6. The number of alkyl halides is 1. The number of benzene rings is 1. The van der Waals surface area contributed by atoms with Crippen molar-refractivity contribution in [2.75, 3.05) is 19.3 Å². The van der Waals surface area contributed by atoms with E-state index < -0.39 is 10.0 Å². The Morgan fingerprint density at radius 3 is 2.33 bits per heavy atom. The summed E-state index contributed by atoms with van der Waals surface area (Å²) in [6.07, 6.45) is 1.07. The van der Waals surface area contributed by atoms with Crippen LogP contribution in [0.25, 0.3) is 0 Å². The average molecular weight is 291 g/mol. The minimum Gasteiger partial charge on any atom is -0.351 e. The maximum Gasteiger partial charge on any atom is 0.251 e. The number of hydrogen-bond donors (Lipinski definition) is 2. The Kier molecular flexibility index (Phi) is 5.58. The molecule has 7 heteroatoms. The summed E-state index contributed by atoms with van der Waals surface area (Å²) in [7, 11) is -3.21. The topological polar surface area (TPSA) is 75.3 Å². The Labute approximate surface area is 112 Å². The van der Waals surface area contributed by atoms with Crippen molar-refractivity contribution >= 4 is 27.5 Å². The van der Waals surface area contributed by atoms with Crippen LogP contribution in [0.15, 0.2) is 24.3 Å². The molecule has 0 saturated heterocycles. The van der Waals surface area contributed by atoms with Crippen molar-refractivity contribution in [3.8, 4) is 0 Å². The van der Waals surface area contributed by atoms with Crippen LogP contribution in [0.2, 0.25) is 0 Å². The zero-order valence-corrected chi connectivity index (χ0v) is 11.5. The number of hydrogen-bond acceptors (Lipinski definition) is 3. The summed E-state index contributed by atoms with van der Waals surface area (Å²) in [4.78, 5) is 11.6. The van der Waals surface area contributed by atoms with Crippen molar-refractivity contribution in [1.29, 1.82) is 0 Å². The van der Waals surface area contributed by atoms with Gasteiger partial charge >= 0.3 is 0 Å². The molecule has 0 fully saturated rings. The Bertz CT molecular complexity index is 500. The Morgan fingerprint density at radius 2 is 1.83 bits per heavy atom. The van der Waals surface area contributed by atoms with E-state index in [2.05, 4.69) is 10.0 Å². The normalized spacial score (nSPS) is 11.2. The van der Waals surface area contributed by atoms with E-state index in [4.69, 9.17) is 11.6 Å². The van der Waals surface area contributed by atoms with Gasteiger partial charge in [-0.3, -0.25) is 4.79 Å². The highest BCUT2D eigenvalue weighted by Gasteiger charge is 2.05. The number of carbonyl (C=O) groups excluding carboxylic acids is 1. The number of carbonyl (C=O) groups is 1. The van der Waals surface area contributed by atoms with Crippen LogP contribution in [0.1, 0.15) is 15.9 Å². The van der Waals surface area contributed by atoms with Gasteiger partial charge < -0.3 is 5.32 Å². The predicted molar refractivity (Wildman–Crippen MR) is 71.2 cm³/mol. The molecule has 0 heterocycles. The van der Waals surface area contributed by atoms with Crippen LogP contribution in [0, 0.1) is 0 Å².